The normalized spacial score (nSPS) is 22.0. The van der Waals surface area contributed by atoms with E-state index in [4.69, 9.17) is 4.74 Å². The molecule has 150 valence electrons. The first kappa shape index (κ1) is 19.7. The van der Waals surface area contributed by atoms with Crippen LogP contribution in [0.25, 0.3) is 0 Å². The number of methoxy groups -OCH3 is 1. The van der Waals surface area contributed by atoms with Crippen molar-refractivity contribution in [3.05, 3.63) is 17.4 Å². The van der Waals surface area contributed by atoms with Crippen LogP contribution < -0.4 is 15.0 Å². The van der Waals surface area contributed by atoms with Gasteiger partial charge in [-0.05, 0) is 25.5 Å². The Hall–Kier alpha value is -2.03. The second-order valence-corrected chi connectivity index (χ2v) is 7.15. The van der Waals surface area contributed by atoms with Crippen molar-refractivity contribution in [3.8, 4) is 5.88 Å². The van der Waals surface area contributed by atoms with Gasteiger partial charge in [0.05, 0.1) is 19.7 Å². The van der Waals surface area contributed by atoms with E-state index in [1.165, 1.54) is 23.0 Å². The molecule has 0 saturated carbocycles. The van der Waals surface area contributed by atoms with Crippen LogP contribution in [-0.4, -0.2) is 61.5 Å². The fourth-order valence-electron chi connectivity index (χ4n) is 3.55. The summed E-state index contributed by atoms with van der Waals surface area (Å²) in [6.45, 7) is 1.03. The van der Waals surface area contributed by atoms with Crippen LogP contribution in [0.5, 0.6) is 5.88 Å². The topological polar surface area (TPSA) is 57.7 Å². The van der Waals surface area contributed by atoms with Crippen LogP contribution in [-0.2, 0) is 11.3 Å². The molecule has 1 amide bonds. The molecule has 2 aliphatic rings. The van der Waals surface area contributed by atoms with Crippen LogP contribution in [0.4, 0.5) is 19.0 Å². The Labute approximate surface area is 156 Å². The average Bonchev–Trinajstić information content (AvgIpc) is 3.16. The molecule has 0 spiro atoms. The number of carbonyl (C=O) groups is 1. The molecule has 0 aromatic carbocycles. The van der Waals surface area contributed by atoms with Crippen molar-refractivity contribution in [1.29, 1.82) is 0 Å². The Kier molecular flexibility index (Phi) is 5.78. The monoisotopic (exact) mass is 386 g/mol. The lowest BCUT2D eigenvalue weighted by molar-refractivity contribution is -0.132. The maximum Gasteiger partial charge on any atom is 0.251 e. The first-order chi connectivity index (χ1) is 12.8. The number of ether oxygens (including phenoxy) is 1. The summed E-state index contributed by atoms with van der Waals surface area (Å²) in [7, 11) is 3.07. The highest BCUT2D eigenvalue weighted by atomic mass is 19.3. The second-order valence-electron chi connectivity index (χ2n) is 7.15. The van der Waals surface area contributed by atoms with Crippen molar-refractivity contribution in [2.24, 2.45) is 0 Å². The third kappa shape index (κ3) is 4.45. The van der Waals surface area contributed by atoms with Crippen LogP contribution in [0.1, 0.15) is 31.2 Å². The van der Waals surface area contributed by atoms with Crippen molar-refractivity contribution < 1.29 is 22.7 Å². The molecule has 27 heavy (non-hydrogen) atoms. The first-order valence-electron chi connectivity index (χ1n) is 9.15. The zero-order valence-electron chi connectivity index (χ0n) is 15.6. The number of piperidine rings is 1. The minimum atomic E-state index is -2.71. The third-order valence-corrected chi connectivity index (χ3v) is 5.13. The van der Waals surface area contributed by atoms with Gasteiger partial charge in [0, 0.05) is 38.5 Å². The van der Waals surface area contributed by atoms with Crippen LogP contribution in [0.2, 0.25) is 0 Å². The van der Waals surface area contributed by atoms with Gasteiger partial charge in [-0.3, -0.25) is 4.79 Å². The lowest BCUT2D eigenvalue weighted by Gasteiger charge is -2.33. The van der Waals surface area contributed by atoms with E-state index in [9.17, 15) is 18.0 Å². The number of hydrogen-bond acceptors (Lipinski definition) is 5. The third-order valence-electron chi connectivity index (χ3n) is 5.13. The number of nitrogens with one attached hydrogen (secondary N) is 1. The van der Waals surface area contributed by atoms with Gasteiger partial charge in [0.25, 0.3) is 5.92 Å². The van der Waals surface area contributed by atoms with Gasteiger partial charge < -0.3 is 19.9 Å². The number of anilines is 1. The molecule has 3 rings (SSSR count). The van der Waals surface area contributed by atoms with E-state index >= 15 is 0 Å². The number of pyridine rings is 1. The zero-order valence-corrected chi connectivity index (χ0v) is 15.6. The molecule has 6 nitrogen and oxygen atoms in total. The Morgan fingerprint density at radius 3 is 2.74 bits per heavy atom. The van der Waals surface area contributed by atoms with Gasteiger partial charge in [-0.25, -0.2) is 13.2 Å². The highest BCUT2D eigenvalue weighted by Gasteiger charge is 2.35. The van der Waals surface area contributed by atoms with E-state index in [1.54, 1.807) is 7.05 Å². The number of alkyl halides is 2. The van der Waals surface area contributed by atoms with E-state index in [0.29, 0.717) is 5.56 Å². The van der Waals surface area contributed by atoms with Crippen molar-refractivity contribution in [2.45, 2.75) is 44.2 Å². The van der Waals surface area contributed by atoms with Crippen LogP contribution >= 0.6 is 0 Å². The van der Waals surface area contributed by atoms with Crippen LogP contribution in [0, 0.1) is 5.82 Å². The van der Waals surface area contributed by atoms with Crippen molar-refractivity contribution >= 4 is 11.7 Å². The molecule has 1 aromatic rings. The van der Waals surface area contributed by atoms with E-state index in [-0.39, 0.29) is 56.1 Å². The summed E-state index contributed by atoms with van der Waals surface area (Å²) >= 11 is 0. The van der Waals surface area contributed by atoms with Gasteiger partial charge in [-0.15, -0.1) is 0 Å². The number of hydrogen-bond donors (Lipinski definition) is 1. The molecule has 1 aromatic heterocycles. The highest BCUT2D eigenvalue weighted by molar-refractivity contribution is 5.82. The minimum Gasteiger partial charge on any atom is -0.481 e. The molecule has 1 atom stereocenters. The Morgan fingerprint density at radius 1 is 1.44 bits per heavy atom. The molecule has 1 N–H and O–H groups in total. The molecule has 3 heterocycles. The Morgan fingerprint density at radius 2 is 2.15 bits per heavy atom. The molecule has 0 radical (unpaired) electrons. The summed E-state index contributed by atoms with van der Waals surface area (Å²) in [6, 6.07) is 1.06. The largest absolute Gasteiger partial charge is 0.481 e. The Balaban J connectivity index is 1.75. The van der Waals surface area contributed by atoms with Gasteiger partial charge in [0.2, 0.25) is 11.8 Å². The maximum atomic E-state index is 14.6. The number of likely N-dealkylation sites (N-methyl/N-ethyl adjacent to an activating group) is 1. The standard InChI is InChI=1S/C18H25F3N4O2/c1-24(17(26)14-4-3-7-22-14)11-12-10-13(19)15(23-16(12)27-2)25-8-5-18(20,21)6-9-25/h10,14,22H,3-9,11H2,1-2H3. The second kappa shape index (κ2) is 7.92. The van der Waals surface area contributed by atoms with Crippen molar-refractivity contribution in [1.82, 2.24) is 15.2 Å². The first-order valence-corrected chi connectivity index (χ1v) is 9.15. The molecular formula is C18H25F3N4O2. The van der Waals surface area contributed by atoms with Gasteiger partial charge in [-0.1, -0.05) is 0 Å². The number of halogens is 3. The van der Waals surface area contributed by atoms with Crippen molar-refractivity contribution in [3.63, 3.8) is 0 Å². The van der Waals surface area contributed by atoms with E-state index in [1.807, 2.05) is 0 Å². The number of carbonyl (C=O) groups excluding carboxylic acids is 1. The molecule has 0 aliphatic carbocycles. The SMILES string of the molecule is COc1nc(N2CCC(F)(F)CC2)c(F)cc1CN(C)C(=O)C1CCCN1. The fourth-order valence-corrected chi connectivity index (χ4v) is 3.55. The van der Waals surface area contributed by atoms with Crippen LogP contribution in [0.3, 0.4) is 0 Å². The fraction of sp³-hybridized carbons (Fsp3) is 0.667. The highest BCUT2D eigenvalue weighted by Crippen LogP contribution is 2.32. The average molecular weight is 386 g/mol. The molecule has 2 fully saturated rings. The lowest BCUT2D eigenvalue weighted by atomic mass is 10.1. The van der Waals surface area contributed by atoms with E-state index in [0.717, 1.165) is 19.4 Å². The van der Waals surface area contributed by atoms with Gasteiger partial charge in [-0.2, -0.15) is 4.98 Å². The molecule has 0 bridgehead atoms. The predicted octanol–water partition coefficient (Wildman–Crippen LogP) is 2.18. The molecule has 2 aliphatic heterocycles. The summed E-state index contributed by atoms with van der Waals surface area (Å²) in [5.41, 5.74) is 0.440. The minimum absolute atomic E-state index is 0.0116. The molecule has 9 heteroatoms. The maximum absolute atomic E-state index is 14.6. The number of amides is 1. The van der Waals surface area contributed by atoms with Gasteiger partial charge in [0.1, 0.15) is 0 Å². The number of nitrogens with zero attached hydrogens (tertiary/aromatic N) is 3. The number of aromatic nitrogens is 1. The van der Waals surface area contributed by atoms with Gasteiger partial charge in [0.15, 0.2) is 11.6 Å². The molecular weight excluding hydrogens is 361 g/mol. The molecule has 1 unspecified atom stereocenters. The quantitative estimate of drug-likeness (QED) is 0.841. The smallest absolute Gasteiger partial charge is 0.251 e. The predicted molar refractivity (Wildman–Crippen MR) is 94.6 cm³/mol. The summed E-state index contributed by atoms with van der Waals surface area (Å²) in [6.07, 6.45) is 1.08. The van der Waals surface area contributed by atoms with E-state index < -0.39 is 11.7 Å². The lowest BCUT2D eigenvalue weighted by Crippen LogP contribution is -2.41. The summed E-state index contributed by atoms with van der Waals surface area (Å²) in [4.78, 5) is 19.7. The van der Waals surface area contributed by atoms with Gasteiger partial charge >= 0.3 is 0 Å². The summed E-state index contributed by atoms with van der Waals surface area (Å²) < 4.78 is 46.6. The molecule has 2 saturated heterocycles. The zero-order chi connectivity index (χ0) is 19.6. The summed E-state index contributed by atoms with van der Waals surface area (Å²) in [5, 5.41) is 3.14. The summed E-state index contributed by atoms with van der Waals surface area (Å²) in [5.74, 6) is -3.16. The van der Waals surface area contributed by atoms with Crippen molar-refractivity contribution in [2.75, 3.05) is 38.7 Å². The van der Waals surface area contributed by atoms with Crippen LogP contribution in [0.15, 0.2) is 6.07 Å². The Bertz CT molecular complexity index is 685. The van der Waals surface area contributed by atoms with E-state index in [2.05, 4.69) is 10.3 Å². The number of rotatable bonds is 5.